The molecule has 2 aliphatic rings. The monoisotopic (exact) mass is 575 g/mol. The lowest BCUT2D eigenvalue weighted by Gasteiger charge is -2.25. The predicted octanol–water partition coefficient (Wildman–Crippen LogP) is 6.60. The highest BCUT2D eigenvalue weighted by atomic mass is 79.9. The van der Waals surface area contributed by atoms with Gasteiger partial charge in [-0.3, -0.25) is 9.59 Å². The van der Waals surface area contributed by atoms with Gasteiger partial charge in [0.1, 0.15) is 11.3 Å². The van der Waals surface area contributed by atoms with Gasteiger partial charge in [-0.1, -0.05) is 53.9 Å². The van der Waals surface area contributed by atoms with Gasteiger partial charge in [0.15, 0.2) is 16.9 Å². The third-order valence-electron chi connectivity index (χ3n) is 6.91. The Morgan fingerprint density at radius 1 is 1.00 bits per heavy atom. The van der Waals surface area contributed by atoms with Crippen LogP contribution in [-0.2, 0) is 6.54 Å². The van der Waals surface area contributed by atoms with Gasteiger partial charge in [0.25, 0.3) is 5.91 Å². The van der Waals surface area contributed by atoms with Crippen LogP contribution in [0.5, 0.6) is 17.2 Å². The number of fused-ring (bicyclic) bond motifs is 3. The van der Waals surface area contributed by atoms with Crippen LogP contribution in [0.1, 0.15) is 59.5 Å². The summed E-state index contributed by atoms with van der Waals surface area (Å²) in [5.41, 5.74) is 2.13. The lowest BCUT2D eigenvalue weighted by Crippen LogP contribution is -2.29. The quantitative estimate of drug-likeness (QED) is 0.220. The minimum Gasteiger partial charge on any atom is -0.494 e. The van der Waals surface area contributed by atoms with E-state index in [9.17, 15) is 9.59 Å². The van der Waals surface area contributed by atoms with Gasteiger partial charge in [-0.2, -0.15) is 0 Å². The number of carbonyl (C=O) groups excluding carboxylic acids is 1. The summed E-state index contributed by atoms with van der Waals surface area (Å²) in [5, 5.41) is 0.424. The molecule has 0 fully saturated rings. The van der Waals surface area contributed by atoms with Crippen molar-refractivity contribution >= 4 is 32.8 Å². The number of unbranched alkanes of at least 4 members (excludes halogenated alkanes) is 2. The molecule has 0 radical (unpaired) electrons. The van der Waals surface area contributed by atoms with Crippen molar-refractivity contribution < 1.29 is 23.4 Å². The average molecular weight is 576 g/mol. The van der Waals surface area contributed by atoms with E-state index < -0.39 is 6.04 Å². The van der Waals surface area contributed by atoms with E-state index in [1.165, 1.54) is 0 Å². The fraction of sp³-hybridized carbons (Fsp3) is 0.267. The predicted molar refractivity (Wildman–Crippen MR) is 146 cm³/mol. The van der Waals surface area contributed by atoms with E-state index in [1.807, 2.05) is 42.5 Å². The summed E-state index contributed by atoms with van der Waals surface area (Å²) in [6, 6.07) is 17.8. The molecular formula is C30H26BrNO6. The number of hydrogen-bond donors (Lipinski definition) is 0. The Morgan fingerprint density at radius 2 is 1.87 bits per heavy atom. The van der Waals surface area contributed by atoms with Crippen LogP contribution in [0.4, 0.5) is 0 Å². The average Bonchev–Trinajstić information content (AvgIpc) is 3.50. The van der Waals surface area contributed by atoms with Gasteiger partial charge >= 0.3 is 0 Å². The zero-order valence-corrected chi connectivity index (χ0v) is 22.5. The molecule has 3 heterocycles. The van der Waals surface area contributed by atoms with Crippen LogP contribution in [0.2, 0.25) is 0 Å². The standard InChI is InChI=1S/C30H26BrNO6/c1-2-3-4-12-35-21-7-5-6-19(14-21)27-26-28(33)22-15-20(31)9-11-23(22)38-29(26)30(34)32(27)16-18-8-10-24-25(13-18)37-17-36-24/h5-11,13-15,27H,2-4,12,16-17H2,1H3. The van der Waals surface area contributed by atoms with Crippen LogP contribution >= 0.6 is 15.9 Å². The maximum Gasteiger partial charge on any atom is 0.291 e. The van der Waals surface area contributed by atoms with Gasteiger partial charge in [0, 0.05) is 11.0 Å². The number of carbonyl (C=O) groups is 1. The van der Waals surface area contributed by atoms with Crippen LogP contribution in [0.3, 0.4) is 0 Å². The van der Waals surface area contributed by atoms with E-state index in [0.717, 1.165) is 34.9 Å². The molecule has 1 aromatic heterocycles. The molecule has 2 aliphatic heterocycles. The molecule has 0 spiro atoms. The Hall–Kier alpha value is -3.78. The number of rotatable bonds is 8. The number of amides is 1. The highest BCUT2D eigenvalue weighted by molar-refractivity contribution is 9.10. The third-order valence-corrected chi connectivity index (χ3v) is 7.40. The van der Waals surface area contributed by atoms with E-state index in [1.54, 1.807) is 23.1 Å². The molecule has 38 heavy (non-hydrogen) atoms. The van der Waals surface area contributed by atoms with E-state index in [0.29, 0.717) is 40.4 Å². The van der Waals surface area contributed by atoms with Gasteiger partial charge in [-0.05, 0) is 60.0 Å². The van der Waals surface area contributed by atoms with Gasteiger partial charge in [-0.15, -0.1) is 0 Å². The van der Waals surface area contributed by atoms with Gasteiger partial charge < -0.3 is 23.5 Å². The largest absolute Gasteiger partial charge is 0.494 e. The Bertz CT molecular complexity index is 1600. The van der Waals surface area contributed by atoms with E-state index in [4.69, 9.17) is 18.6 Å². The Labute approximate surface area is 228 Å². The highest BCUT2D eigenvalue weighted by Crippen LogP contribution is 2.41. The smallest absolute Gasteiger partial charge is 0.291 e. The first-order valence-corrected chi connectivity index (χ1v) is 13.5. The number of benzene rings is 3. The second-order valence-corrected chi connectivity index (χ2v) is 10.4. The zero-order valence-electron chi connectivity index (χ0n) is 20.9. The Kier molecular flexibility index (Phi) is 6.57. The molecule has 1 atom stereocenters. The number of hydrogen-bond acceptors (Lipinski definition) is 6. The summed E-state index contributed by atoms with van der Waals surface area (Å²) in [6.07, 6.45) is 3.17. The Balaban J connectivity index is 1.44. The van der Waals surface area contributed by atoms with Crippen molar-refractivity contribution in [1.29, 1.82) is 0 Å². The second kappa shape index (κ2) is 10.2. The molecular weight excluding hydrogens is 550 g/mol. The number of ether oxygens (including phenoxy) is 3. The second-order valence-electron chi connectivity index (χ2n) is 9.47. The molecule has 1 unspecified atom stereocenters. The molecule has 0 saturated carbocycles. The topological polar surface area (TPSA) is 78.2 Å². The van der Waals surface area contributed by atoms with Crippen LogP contribution in [0, 0.1) is 0 Å². The van der Waals surface area contributed by atoms with E-state index in [2.05, 4.69) is 22.9 Å². The molecule has 1 amide bonds. The van der Waals surface area contributed by atoms with Crippen molar-refractivity contribution in [3.05, 3.63) is 97.8 Å². The molecule has 0 aliphatic carbocycles. The minimum atomic E-state index is -0.637. The highest BCUT2D eigenvalue weighted by Gasteiger charge is 2.43. The maximum atomic E-state index is 13.9. The molecule has 3 aromatic carbocycles. The summed E-state index contributed by atoms with van der Waals surface area (Å²) < 4.78 is 23.8. The van der Waals surface area contributed by atoms with Crippen LogP contribution in [0.15, 0.2) is 74.3 Å². The van der Waals surface area contributed by atoms with Crippen molar-refractivity contribution in [2.75, 3.05) is 13.4 Å². The van der Waals surface area contributed by atoms with E-state index >= 15 is 0 Å². The molecule has 194 valence electrons. The lowest BCUT2D eigenvalue weighted by atomic mass is 9.98. The lowest BCUT2D eigenvalue weighted by molar-refractivity contribution is 0.0714. The number of halogens is 1. The zero-order chi connectivity index (χ0) is 26.2. The van der Waals surface area contributed by atoms with Crippen molar-refractivity contribution in [3.63, 3.8) is 0 Å². The van der Waals surface area contributed by atoms with E-state index in [-0.39, 0.29) is 30.4 Å². The molecule has 8 heteroatoms. The minimum absolute atomic E-state index is 0.0739. The van der Waals surface area contributed by atoms with Crippen molar-refractivity contribution in [3.8, 4) is 17.2 Å². The molecule has 0 N–H and O–H groups in total. The summed E-state index contributed by atoms with van der Waals surface area (Å²) in [4.78, 5) is 29.3. The summed E-state index contributed by atoms with van der Waals surface area (Å²) in [5.74, 6) is 1.75. The summed E-state index contributed by atoms with van der Waals surface area (Å²) in [7, 11) is 0. The first kappa shape index (κ1) is 24.6. The van der Waals surface area contributed by atoms with Crippen LogP contribution in [0.25, 0.3) is 11.0 Å². The first-order chi connectivity index (χ1) is 18.5. The van der Waals surface area contributed by atoms with Crippen molar-refractivity contribution in [2.24, 2.45) is 0 Å². The molecule has 0 saturated heterocycles. The van der Waals surface area contributed by atoms with Crippen molar-refractivity contribution in [2.45, 2.75) is 38.8 Å². The fourth-order valence-electron chi connectivity index (χ4n) is 5.05. The number of nitrogens with zero attached hydrogens (tertiary/aromatic N) is 1. The van der Waals surface area contributed by atoms with Crippen LogP contribution in [-0.4, -0.2) is 24.2 Å². The summed E-state index contributed by atoms with van der Waals surface area (Å²) in [6.45, 7) is 3.18. The first-order valence-electron chi connectivity index (χ1n) is 12.7. The van der Waals surface area contributed by atoms with Crippen molar-refractivity contribution in [1.82, 2.24) is 4.90 Å². The fourth-order valence-corrected chi connectivity index (χ4v) is 5.42. The molecule has 6 rings (SSSR count). The molecule has 7 nitrogen and oxygen atoms in total. The van der Waals surface area contributed by atoms with Crippen LogP contribution < -0.4 is 19.6 Å². The van der Waals surface area contributed by atoms with Gasteiger partial charge in [0.05, 0.1) is 23.6 Å². The third kappa shape index (κ3) is 4.43. The molecule has 0 bridgehead atoms. The van der Waals surface area contributed by atoms with Gasteiger partial charge in [0.2, 0.25) is 12.6 Å². The summed E-state index contributed by atoms with van der Waals surface area (Å²) >= 11 is 3.45. The molecule has 4 aromatic rings. The van der Waals surface area contributed by atoms with Gasteiger partial charge in [-0.25, -0.2) is 0 Å². The normalized spacial score (nSPS) is 15.8. The SMILES string of the molecule is CCCCCOc1cccc(C2c3c(oc4ccc(Br)cc4c3=O)C(=O)N2Cc2ccc3c(c2)OCO3)c1. The Morgan fingerprint density at radius 3 is 2.74 bits per heavy atom. The maximum absolute atomic E-state index is 13.9.